The van der Waals surface area contributed by atoms with Gasteiger partial charge in [-0.1, -0.05) is 13.3 Å². The second-order valence-corrected chi connectivity index (χ2v) is 5.66. The minimum atomic E-state index is -3.23. The molecule has 1 rings (SSSR count). The Morgan fingerprint density at radius 1 is 1.40 bits per heavy atom. The summed E-state index contributed by atoms with van der Waals surface area (Å²) >= 11 is 0. The summed E-state index contributed by atoms with van der Waals surface area (Å²) in [6.07, 6.45) is 4.60. The average molecular weight is 228 g/mol. The first-order valence-corrected chi connectivity index (χ1v) is 6.66. The lowest BCUT2D eigenvalue weighted by molar-refractivity contribution is 0.580. The number of pyridine rings is 1. The number of aromatic nitrogens is 1. The number of sulfone groups is 1. The zero-order valence-corrected chi connectivity index (χ0v) is 9.57. The van der Waals surface area contributed by atoms with E-state index in [0.29, 0.717) is 12.0 Å². The van der Waals surface area contributed by atoms with Crippen molar-refractivity contribution >= 4 is 9.84 Å². The number of hydrogen-bond donors (Lipinski definition) is 1. The molecule has 0 fully saturated rings. The van der Waals surface area contributed by atoms with Gasteiger partial charge in [-0.05, 0) is 24.1 Å². The van der Waals surface area contributed by atoms with Gasteiger partial charge in [0, 0.05) is 12.4 Å². The number of rotatable bonds is 5. The fourth-order valence-corrected chi connectivity index (χ4v) is 2.75. The summed E-state index contributed by atoms with van der Waals surface area (Å²) in [5.74, 6) is 0.146. The third kappa shape index (κ3) is 3.28. The monoisotopic (exact) mass is 228 g/mol. The fraction of sp³-hybridized carbons (Fsp3) is 0.500. The molecule has 0 radical (unpaired) electrons. The molecule has 1 unspecified atom stereocenters. The predicted octanol–water partition coefficient (Wildman–Crippen LogP) is 1.25. The van der Waals surface area contributed by atoms with Gasteiger partial charge in [-0.25, -0.2) is 8.42 Å². The molecule has 0 spiro atoms. The molecule has 5 heteroatoms. The SMILES string of the molecule is CCCCS(=O)(=O)C(N)c1ccncc1. The van der Waals surface area contributed by atoms with Crippen molar-refractivity contribution in [2.24, 2.45) is 5.73 Å². The van der Waals surface area contributed by atoms with Crippen LogP contribution in [0.2, 0.25) is 0 Å². The van der Waals surface area contributed by atoms with E-state index in [4.69, 9.17) is 5.73 Å². The van der Waals surface area contributed by atoms with Crippen LogP contribution < -0.4 is 5.73 Å². The van der Waals surface area contributed by atoms with Crippen molar-refractivity contribution in [1.29, 1.82) is 0 Å². The summed E-state index contributed by atoms with van der Waals surface area (Å²) in [5.41, 5.74) is 6.30. The molecule has 0 aromatic carbocycles. The van der Waals surface area contributed by atoms with E-state index in [9.17, 15) is 8.42 Å². The highest BCUT2D eigenvalue weighted by Gasteiger charge is 2.21. The van der Waals surface area contributed by atoms with Crippen LogP contribution in [0.1, 0.15) is 30.7 Å². The molecule has 15 heavy (non-hydrogen) atoms. The highest BCUT2D eigenvalue weighted by atomic mass is 32.2. The molecule has 0 amide bonds. The van der Waals surface area contributed by atoms with Crippen LogP contribution in [0.25, 0.3) is 0 Å². The lowest BCUT2D eigenvalue weighted by Gasteiger charge is -2.12. The first-order chi connectivity index (χ1) is 7.08. The molecule has 1 heterocycles. The molecule has 84 valence electrons. The van der Waals surface area contributed by atoms with Gasteiger partial charge in [0.15, 0.2) is 9.84 Å². The van der Waals surface area contributed by atoms with Gasteiger partial charge >= 0.3 is 0 Å². The van der Waals surface area contributed by atoms with Gasteiger partial charge in [0.2, 0.25) is 0 Å². The van der Waals surface area contributed by atoms with E-state index < -0.39 is 15.2 Å². The maximum atomic E-state index is 11.7. The Bertz CT molecular complexity index is 389. The smallest absolute Gasteiger partial charge is 0.170 e. The first kappa shape index (κ1) is 12.1. The third-order valence-corrected chi connectivity index (χ3v) is 4.11. The standard InChI is InChI=1S/C10H16N2O2S/c1-2-3-8-15(13,14)10(11)9-4-6-12-7-5-9/h4-7,10H,2-3,8,11H2,1H3. The number of nitrogens with two attached hydrogens (primary N) is 1. The second-order valence-electron chi connectivity index (χ2n) is 3.42. The molecule has 1 aromatic heterocycles. The third-order valence-electron chi connectivity index (χ3n) is 2.20. The molecule has 0 aliphatic rings. The molecule has 0 bridgehead atoms. The van der Waals surface area contributed by atoms with E-state index in [1.54, 1.807) is 24.5 Å². The summed E-state index contributed by atoms with van der Waals surface area (Å²) in [7, 11) is -3.23. The largest absolute Gasteiger partial charge is 0.311 e. The fourth-order valence-electron chi connectivity index (χ4n) is 1.23. The maximum Gasteiger partial charge on any atom is 0.170 e. The molecule has 0 aliphatic carbocycles. The lowest BCUT2D eigenvalue weighted by atomic mass is 10.3. The van der Waals surface area contributed by atoms with Gasteiger partial charge in [0.1, 0.15) is 5.37 Å². The maximum absolute atomic E-state index is 11.7. The summed E-state index contributed by atoms with van der Waals surface area (Å²) in [6.45, 7) is 1.95. The Kier molecular flexibility index (Phi) is 4.23. The van der Waals surface area contributed by atoms with E-state index in [1.807, 2.05) is 6.92 Å². The van der Waals surface area contributed by atoms with Crippen LogP contribution in [-0.2, 0) is 9.84 Å². The normalized spacial score (nSPS) is 13.7. The van der Waals surface area contributed by atoms with Gasteiger partial charge in [-0.2, -0.15) is 0 Å². The zero-order chi connectivity index (χ0) is 11.3. The van der Waals surface area contributed by atoms with E-state index in [2.05, 4.69) is 4.98 Å². The highest BCUT2D eigenvalue weighted by molar-refractivity contribution is 7.91. The van der Waals surface area contributed by atoms with Gasteiger partial charge in [-0.3, -0.25) is 4.98 Å². The van der Waals surface area contributed by atoms with Crippen LogP contribution in [0, 0.1) is 0 Å². The molecule has 0 saturated carbocycles. The van der Waals surface area contributed by atoms with Crippen LogP contribution in [0.5, 0.6) is 0 Å². The van der Waals surface area contributed by atoms with Crippen molar-refractivity contribution < 1.29 is 8.42 Å². The molecule has 0 saturated heterocycles. The van der Waals surface area contributed by atoms with E-state index in [1.165, 1.54) is 0 Å². The molecule has 0 aliphatic heterocycles. The van der Waals surface area contributed by atoms with Crippen LogP contribution in [0.3, 0.4) is 0 Å². The lowest BCUT2D eigenvalue weighted by Crippen LogP contribution is -2.24. The Balaban J connectivity index is 2.80. The predicted molar refractivity (Wildman–Crippen MR) is 59.9 cm³/mol. The minimum absolute atomic E-state index is 0.146. The molecule has 2 N–H and O–H groups in total. The number of nitrogens with zero attached hydrogens (tertiary/aromatic N) is 1. The average Bonchev–Trinajstić information content (AvgIpc) is 2.26. The van der Waals surface area contributed by atoms with Crippen LogP contribution >= 0.6 is 0 Å². The van der Waals surface area contributed by atoms with Gasteiger partial charge in [0.25, 0.3) is 0 Å². The molecule has 1 aromatic rings. The van der Waals surface area contributed by atoms with Gasteiger partial charge in [-0.15, -0.1) is 0 Å². The van der Waals surface area contributed by atoms with Crippen molar-refractivity contribution in [3.05, 3.63) is 30.1 Å². The Morgan fingerprint density at radius 3 is 2.53 bits per heavy atom. The zero-order valence-electron chi connectivity index (χ0n) is 8.76. The van der Waals surface area contributed by atoms with Crippen LogP contribution in [0.15, 0.2) is 24.5 Å². The van der Waals surface area contributed by atoms with Crippen molar-refractivity contribution in [3.63, 3.8) is 0 Å². The van der Waals surface area contributed by atoms with E-state index in [0.717, 1.165) is 6.42 Å². The first-order valence-electron chi connectivity index (χ1n) is 4.95. The summed E-state index contributed by atoms with van der Waals surface area (Å²) in [4.78, 5) is 3.82. The van der Waals surface area contributed by atoms with Crippen molar-refractivity contribution in [2.75, 3.05) is 5.75 Å². The quantitative estimate of drug-likeness (QED) is 0.823. The Labute approximate surface area is 90.4 Å². The van der Waals surface area contributed by atoms with Crippen LogP contribution in [-0.4, -0.2) is 19.2 Å². The highest BCUT2D eigenvalue weighted by Crippen LogP contribution is 2.17. The van der Waals surface area contributed by atoms with Crippen molar-refractivity contribution in [3.8, 4) is 0 Å². The number of hydrogen-bond acceptors (Lipinski definition) is 4. The molecular weight excluding hydrogens is 212 g/mol. The summed E-state index contributed by atoms with van der Waals surface area (Å²) < 4.78 is 23.5. The topological polar surface area (TPSA) is 73.0 Å². The van der Waals surface area contributed by atoms with Crippen molar-refractivity contribution in [2.45, 2.75) is 25.1 Å². The Morgan fingerprint density at radius 2 is 2.00 bits per heavy atom. The summed E-state index contributed by atoms with van der Waals surface area (Å²) in [6, 6.07) is 3.27. The number of unbranched alkanes of at least 4 members (excludes halogenated alkanes) is 1. The van der Waals surface area contributed by atoms with Gasteiger partial charge < -0.3 is 5.73 Å². The summed E-state index contributed by atoms with van der Waals surface area (Å²) in [5, 5.41) is -0.924. The van der Waals surface area contributed by atoms with Crippen LogP contribution in [0.4, 0.5) is 0 Å². The molecular formula is C10H16N2O2S. The van der Waals surface area contributed by atoms with E-state index >= 15 is 0 Å². The van der Waals surface area contributed by atoms with Crippen molar-refractivity contribution in [1.82, 2.24) is 4.98 Å². The minimum Gasteiger partial charge on any atom is -0.311 e. The van der Waals surface area contributed by atoms with Gasteiger partial charge in [0.05, 0.1) is 5.75 Å². The second kappa shape index (κ2) is 5.23. The molecule has 1 atom stereocenters. The van der Waals surface area contributed by atoms with E-state index in [-0.39, 0.29) is 5.75 Å². The Hall–Kier alpha value is -0.940. The molecule has 4 nitrogen and oxygen atoms in total.